The van der Waals surface area contributed by atoms with Crippen molar-refractivity contribution >= 4 is 11.6 Å². The van der Waals surface area contributed by atoms with Crippen molar-refractivity contribution in [2.24, 2.45) is 23.7 Å². The van der Waals surface area contributed by atoms with E-state index < -0.39 is 16.7 Å². The van der Waals surface area contributed by atoms with Gasteiger partial charge in [0.2, 0.25) is 11.7 Å². The normalized spacial score (nSPS) is 23.1. The molecule has 0 fully saturated rings. The minimum absolute atomic E-state index is 0.0404. The molecule has 17 nitrogen and oxygen atoms in total. The highest BCUT2D eigenvalue weighted by molar-refractivity contribution is 6.03. The molecule has 8 aromatic rings. The Kier molecular flexibility index (Phi) is 10.7. The fourth-order valence-electron chi connectivity index (χ4n) is 12.5. The van der Waals surface area contributed by atoms with Crippen molar-refractivity contribution in [1.82, 2.24) is 55.0 Å². The van der Waals surface area contributed by atoms with Crippen LogP contribution in [0.25, 0.3) is 56.7 Å². The molecule has 0 aliphatic heterocycles. The lowest BCUT2D eigenvalue weighted by Gasteiger charge is -2.46. The molecule has 0 unspecified atom stereocenters. The van der Waals surface area contributed by atoms with Gasteiger partial charge in [0.1, 0.15) is 17.8 Å². The van der Waals surface area contributed by atoms with Gasteiger partial charge in [-0.05, 0) is 110 Å². The Morgan fingerprint density at radius 1 is 0.726 bits per heavy atom. The zero-order valence-electron chi connectivity index (χ0n) is 40.7. The molecule has 6 atom stereocenters. The molecule has 0 spiro atoms. The summed E-state index contributed by atoms with van der Waals surface area (Å²) in [5.74, 6) is 0.301. The first-order valence-corrected chi connectivity index (χ1v) is 24.5. The third-order valence-corrected chi connectivity index (χ3v) is 15.9. The first-order valence-electron chi connectivity index (χ1n) is 24.5. The molecule has 0 N–H and O–H groups in total. The molecule has 0 radical (unpaired) electrons. The molecule has 0 saturated carbocycles. The van der Waals surface area contributed by atoms with Crippen molar-refractivity contribution in [2.45, 2.75) is 84.0 Å². The van der Waals surface area contributed by atoms with Gasteiger partial charge < -0.3 is 9.05 Å². The van der Waals surface area contributed by atoms with E-state index >= 15 is 0 Å². The van der Waals surface area contributed by atoms with Crippen LogP contribution in [0.2, 0.25) is 0 Å². The fourth-order valence-corrected chi connectivity index (χ4v) is 12.5. The quantitative estimate of drug-likeness (QED) is 0.131. The predicted molar refractivity (Wildman–Crippen MR) is 264 cm³/mol. The summed E-state index contributed by atoms with van der Waals surface area (Å²) >= 11 is 0. The second-order valence-electron chi connectivity index (χ2n) is 20.1. The highest BCUT2D eigenvalue weighted by atomic mass is 16.5. The number of Topliss-reactive ketones (excluding diaryl/α,β-unsaturated/α-hetero) is 2. The van der Waals surface area contributed by atoms with E-state index in [0.717, 1.165) is 68.3 Å². The molecule has 17 heteroatoms. The summed E-state index contributed by atoms with van der Waals surface area (Å²) in [6, 6.07) is 26.5. The summed E-state index contributed by atoms with van der Waals surface area (Å²) in [6.45, 7) is 9.64. The molecule has 0 bridgehead atoms. The van der Waals surface area contributed by atoms with Crippen LogP contribution in [-0.2, 0) is 39.7 Å². The Balaban J connectivity index is 0.852. The summed E-state index contributed by atoms with van der Waals surface area (Å²) in [7, 11) is 0. The number of aromatic nitrogens is 11. The predicted octanol–water partition coefficient (Wildman–Crippen LogP) is 8.88. The second kappa shape index (κ2) is 17.2. The number of nitrogens with zero attached hydrogens (tertiary/aromatic N) is 13. The number of carbonyl (C=O) groups excluding carboxylic acids is 2. The average Bonchev–Trinajstić information content (AvgIpc) is 4.24. The molecule has 12 rings (SSSR count). The molecule has 4 aliphatic rings. The molecular weight excluding hydrogens is 919 g/mol. The molecule has 6 heterocycles. The summed E-state index contributed by atoms with van der Waals surface area (Å²) in [5.41, 5.74) is 9.78. The van der Waals surface area contributed by atoms with Gasteiger partial charge in [-0.15, -0.1) is 0 Å². The minimum Gasteiger partial charge on any atom is -0.339 e. The first-order chi connectivity index (χ1) is 35.4. The Hall–Kier alpha value is -8.83. The summed E-state index contributed by atoms with van der Waals surface area (Å²) in [5, 5.41) is 48.1. The average molecular weight is 966 g/mol. The van der Waals surface area contributed by atoms with Gasteiger partial charge in [0.05, 0.1) is 45.8 Å². The zero-order valence-corrected chi connectivity index (χ0v) is 40.7. The standard InChI is InChI=1S/C56H47N13O4/c1-30-45-20-18-43-47(53-62-32(3)72-67-53)64-68(51(43)55(45,4)24-37(26-57)49(30)70)40-15-10-34(11-16-40)36-23-39(63-60-29-36)12-17-42-46-21-19-44-48(54-61-31(2)66-73-54)65-69(52(44)56(46,5)25-38(27-58)50(42)71)41-13-8-33(9-14-41)35-7-6-22-59-28-35/h6-11,13-16,22-25,28-30,42,45-46H,12,17-21H2,1-5H3/t30-,42-,45-,46-,55-,56-/m1/s1. The summed E-state index contributed by atoms with van der Waals surface area (Å²) < 4.78 is 14.9. The van der Waals surface area contributed by atoms with E-state index in [1.54, 1.807) is 26.2 Å². The maximum absolute atomic E-state index is 14.4. The van der Waals surface area contributed by atoms with Gasteiger partial charge in [0.15, 0.2) is 23.1 Å². The van der Waals surface area contributed by atoms with Gasteiger partial charge in [-0.3, -0.25) is 14.6 Å². The fraction of sp³-hybridized carbons (Fsp3) is 0.304. The van der Waals surface area contributed by atoms with Crippen molar-refractivity contribution in [3.63, 3.8) is 0 Å². The SMILES string of the molecule is Cc1noc(-c2nn(-c3ccc(-c4cccnc4)cc3)c3c2CC[C@@H]2[C@@H](CCc4cc(-c5ccc(-n6nc(-c7noc(C)n7)c7c6[C@]6(C)C=C(C#N)C(=O)[C@H](C)[C@H]6CC7)cc5)cnn4)C(=O)C(C#N)=C[C@@]32C)n1. The lowest BCUT2D eigenvalue weighted by Crippen LogP contribution is -2.47. The van der Waals surface area contributed by atoms with Crippen LogP contribution in [0, 0.1) is 60.2 Å². The molecule has 6 aromatic heterocycles. The van der Waals surface area contributed by atoms with E-state index in [1.807, 2.05) is 101 Å². The maximum atomic E-state index is 14.4. The number of ketones is 2. The zero-order chi connectivity index (χ0) is 50.3. The Morgan fingerprint density at radius 2 is 1.36 bits per heavy atom. The van der Waals surface area contributed by atoms with Crippen LogP contribution in [0.5, 0.6) is 0 Å². The number of pyridine rings is 1. The van der Waals surface area contributed by atoms with Crippen molar-refractivity contribution in [3.8, 4) is 68.9 Å². The van der Waals surface area contributed by atoms with Gasteiger partial charge in [-0.1, -0.05) is 73.6 Å². The molecule has 2 aromatic carbocycles. The van der Waals surface area contributed by atoms with E-state index in [9.17, 15) is 20.1 Å². The Morgan fingerprint density at radius 3 is 1.97 bits per heavy atom. The molecule has 360 valence electrons. The van der Waals surface area contributed by atoms with Crippen LogP contribution in [0.1, 0.15) is 80.0 Å². The van der Waals surface area contributed by atoms with Crippen LogP contribution in [0.3, 0.4) is 0 Å². The molecular formula is C56H47N13O4. The van der Waals surface area contributed by atoms with Crippen molar-refractivity contribution in [2.75, 3.05) is 0 Å². The molecule has 0 amide bonds. The lowest BCUT2D eigenvalue weighted by atomic mass is 9.56. The van der Waals surface area contributed by atoms with Crippen molar-refractivity contribution in [1.29, 1.82) is 10.5 Å². The number of hydrogen-bond acceptors (Lipinski definition) is 15. The number of nitriles is 2. The van der Waals surface area contributed by atoms with Gasteiger partial charge in [0.25, 0.3) is 5.89 Å². The number of benzene rings is 2. The van der Waals surface area contributed by atoms with E-state index in [4.69, 9.17) is 19.2 Å². The number of aryl methyl sites for hydroxylation is 3. The van der Waals surface area contributed by atoms with E-state index in [-0.39, 0.29) is 40.5 Å². The van der Waals surface area contributed by atoms with E-state index in [0.29, 0.717) is 66.9 Å². The van der Waals surface area contributed by atoms with Gasteiger partial charge in [-0.25, -0.2) is 9.36 Å². The Labute approximate surface area is 419 Å². The molecule has 4 aliphatic carbocycles. The topological polar surface area (TPSA) is 234 Å². The number of hydrogen-bond donors (Lipinski definition) is 0. The third kappa shape index (κ3) is 7.28. The van der Waals surface area contributed by atoms with Crippen LogP contribution in [0.4, 0.5) is 0 Å². The number of carbonyl (C=O) groups is 2. The maximum Gasteiger partial charge on any atom is 0.278 e. The van der Waals surface area contributed by atoms with Gasteiger partial charge >= 0.3 is 0 Å². The lowest BCUT2D eigenvalue weighted by molar-refractivity contribution is -0.123. The third-order valence-electron chi connectivity index (χ3n) is 15.9. The highest BCUT2D eigenvalue weighted by Gasteiger charge is 2.53. The van der Waals surface area contributed by atoms with Crippen molar-refractivity contribution < 1.29 is 18.6 Å². The minimum atomic E-state index is -0.771. The second-order valence-corrected chi connectivity index (χ2v) is 20.1. The summed E-state index contributed by atoms with van der Waals surface area (Å²) in [6.07, 6.45) is 12.6. The number of allylic oxidation sites excluding steroid dienone is 4. The van der Waals surface area contributed by atoms with E-state index in [1.165, 1.54) is 0 Å². The summed E-state index contributed by atoms with van der Waals surface area (Å²) in [4.78, 5) is 41.0. The van der Waals surface area contributed by atoms with E-state index in [2.05, 4.69) is 61.4 Å². The van der Waals surface area contributed by atoms with Gasteiger partial charge in [0, 0.05) is 58.7 Å². The van der Waals surface area contributed by atoms with Gasteiger partial charge in [-0.2, -0.15) is 40.9 Å². The number of rotatable bonds is 9. The first kappa shape index (κ1) is 45.3. The van der Waals surface area contributed by atoms with Crippen LogP contribution in [0.15, 0.2) is 118 Å². The van der Waals surface area contributed by atoms with Crippen LogP contribution >= 0.6 is 0 Å². The van der Waals surface area contributed by atoms with Crippen LogP contribution < -0.4 is 0 Å². The van der Waals surface area contributed by atoms with Crippen LogP contribution in [-0.4, -0.2) is 66.6 Å². The molecule has 0 saturated heterocycles. The highest BCUT2D eigenvalue weighted by Crippen LogP contribution is 2.54. The number of fused-ring (bicyclic) bond motifs is 6. The Bertz CT molecular complexity index is 3700. The molecule has 73 heavy (non-hydrogen) atoms. The largest absolute Gasteiger partial charge is 0.339 e. The monoisotopic (exact) mass is 965 g/mol. The smallest absolute Gasteiger partial charge is 0.278 e. The van der Waals surface area contributed by atoms with Crippen molar-refractivity contribution in [3.05, 3.63) is 149 Å².